The Bertz CT molecular complexity index is 325. The fourth-order valence-electron chi connectivity index (χ4n) is 1.41. The zero-order chi connectivity index (χ0) is 14.8. The number of nitrogens with one attached hydrogen (secondary N) is 2. The lowest BCUT2D eigenvalue weighted by Crippen LogP contribution is -2.43. The smallest absolute Gasteiger partial charge is 0.333 e. The summed E-state index contributed by atoms with van der Waals surface area (Å²) in [6, 6.07) is -0.286. The second-order valence-electron chi connectivity index (χ2n) is 4.84. The average Bonchev–Trinajstić information content (AvgIpc) is 2.39. The number of ether oxygens (including phenoxy) is 1. The van der Waals surface area contributed by atoms with Gasteiger partial charge in [0.15, 0.2) is 0 Å². The van der Waals surface area contributed by atoms with Crippen LogP contribution in [0.25, 0.3) is 0 Å². The number of methoxy groups -OCH3 is 1. The molecule has 0 saturated carbocycles. The van der Waals surface area contributed by atoms with Gasteiger partial charge in [0.25, 0.3) is 0 Å². The SMILES string of the molecule is CCC(=CCNC(C)C(=O)NCC(C)C)C(=O)OC. The predicted octanol–water partition coefficient (Wildman–Crippen LogP) is 1.25. The van der Waals surface area contributed by atoms with E-state index in [1.54, 1.807) is 13.0 Å². The first-order valence-corrected chi connectivity index (χ1v) is 6.70. The Kier molecular flexibility index (Phi) is 8.87. The fraction of sp³-hybridized carbons (Fsp3) is 0.714. The third kappa shape index (κ3) is 7.62. The van der Waals surface area contributed by atoms with Gasteiger partial charge in [0.1, 0.15) is 0 Å². The Labute approximate surface area is 115 Å². The monoisotopic (exact) mass is 270 g/mol. The van der Waals surface area contributed by atoms with Crippen molar-refractivity contribution >= 4 is 11.9 Å². The highest BCUT2D eigenvalue weighted by Gasteiger charge is 2.12. The highest BCUT2D eigenvalue weighted by atomic mass is 16.5. The number of hydrogen-bond donors (Lipinski definition) is 2. The lowest BCUT2D eigenvalue weighted by molar-refractivity contribution is -0.136. The molecule has 5 nitrogen and oxygen atoms in total. The minimum atomic E-state index is -0.318. The molecule has 0 aliphatic carbocycles. The molecule has 1 unspecified atom stereocenters. The Morgan fingerprint density at radius 3 is 2.37 bits per heavy atom. The summed E-state index contributed by atoms with van der Waals surface area (Å²) in [5.41, 5.74) is 0.616. The van der Waals surface area contributed by atoms with E-state index < -0.39 is 0 Å². The maximum absolute atomic E-state index is 11.7. The van der Waals surface area contributed by atoms with E-state index in [2.05, 4.69) is 15.4 Å². The summed E-state index contributed by atoms with van der Waals surface area (Å²) in [6.07, 6.45) is 2.38. The molecule has 0 heterocycles. The summed E-state index contributed by atoms with van der Waals surface area (Å²) >= 11 is 0. The van der Waals surface area contributed by atoms with Gasteiger partial charge in [-0.25, -0.2) is 4.79 Å². The molecular weight excluding hydrogens is 244 g/mol. The van der Waals surface area contributed by atoms with Crippen LogP contribution >= 0.6 is 0 Å². The number of carbonyl (C=O) groups excluding carboxylic acids is 2. The maximum Gasteiger partial charge on any atom is 0.333 e. The summed E-state index contributed by atoms with van der Waals surface area (Å²) in [5, 5.41) is 5.91. The van der Waals surface area contributed by atoms with Crippen LogP contribution in [0.3, 0.4) is 0 Å². The molecule has 0 aromatic rings. The van der Waals surface area contributed by atoms with Crippen LogP contribution in [0.1, 0.15) is 34.1 Å². The van der Waals surface area contributed by atoms with Crippen molar-refractivity contribution in [3.63, 3.8) is 0 Å². The van der Waals surface area contributed by atoms with Gasteiger partial charge in [-0.1, -0.05) is 26.8 Å². The van der Waals surface area contributed by atoms with Crippen molar-refractivity contribution in [1.82, 2.24) is 10.6 Å². The summed E-state index contributed by atoms with van der Waals surface area (Å²) in [4.78, 5) is 23.0. The van der Waals surface area contributed by atoms with Crippen molar-refractivity contribution in [3.8, 4) is 0 Å². The molecule has 0 aliphatic rings. The van der Waals surface area contributed by atoms with E-state index in [0.717, 1.165) is 0 Å². The number of esters is 1. The molecular formula is C14H26N2O3. The first kappa shape index (κ1) is 17.6. The predicted molar refractivity (Wildman–Crippen MR) is 75.7 cm³/mol. The summed E-state index contributed by atoms with van der Waals surface area (Å²) in [5.74, 6) is 0.0847. The Hall–Kier alpha value is -1.36. The van der Waals surface area contributed by atoms with Crippen LogP contribution in [0.5, 0.6) is 0 Å². The Morgan fingerprint density at radius 1 is 1.26 bits per heavy atom. The van der Waals surface area contributed by atoms with Crippen LogP contribution in [0.2, 0.25) is 0 Å². The topological polar surface area (TPSA) is 67.4 Å². The second kappa shape index (κ2) is 9.55. The minimum Gasteiger partial charge on any atom is -0.466 e. The fourth-order valence-corrected chi connectivity index (χ4v) is 1.41. The molecule has 0 aromatic carbocycles. The molecule has 19 heavy (non-hydrogen) atoms. The number of amides is 1. The number of rotatable bonds is 8. The maximum atomic E-state index is 11.7. The van der Waals surface area contributed by atoms with Gasteiger partial charge in [-0.2, -0.15) is 0 Å². The van der Waals surface area contributed by atoms with Crippen molar-refractivity contribution in [2.45, 2.75) is 40.2 Å². The first-order chi connectivity index (χ1) is 8.92. The van der Waals surface area contributed by atoms with E-state index in [4.69, 9.17) is 0 Å². The van der Waals surface area contributed by atoms with Crippen LogP contribution in [0.15, 0.2) is 11.6 Å². The van der Waals surface area contributed by atoms with Gasteiger partial charge in [0.2, 0.25) is 5.91 Å². The molecule has 5 heteroatoms. The van der Waals surface area contributed by atoms with E-state index in [-0.39, 0.29) is 17.9 Å². The van der Waals surface area contributed by atoms with Gasteiger partial charge in [0.05, 0.1) is 13.2 Å². The molecule has 2 N–H and O–H groups in total. The van der Waals surface area contributed by atoms with Crippen molar-refractivity contribution < 1.29 is 14.3 Å². The molecule has 0 bridgehead atoms. The van der Waals surface area contributed by atoms with Gasteiger partial charge in [-0.15, -0.1) is 0 Å². The first-order valence-electron chi connectivity index (χ1n) is 6.70. The number of hydrogen-bond acceptors (Lipinski definition) is 4. The van der Waals surface area contributed by atoms with Gasteiger partial charge in [0, 0.05) is 18.7 Å². The van der Waals surface area contributed by atoms with E-state index in [1.165, 1.54) is 7.11 Å². The largest absolute Gasteiger partial charge is 0.466 e. The van der Waals surface area contributed by atoms with Crippen LogP contribution in [0, 0.1) is 5.92 Å². The minimum absolute atomic E-state index is 0.0294. The molecule has 110 valence electrons. The zero-order valence-corrected chi connectivity index (χ0v) is 12.6. The standard InChI is InChI=1S/C14H26N2O3/c1-6-12(14(18)19-5)7-8-15-11(4)13(17)16-9-10(2)3/h7,10-11,15H,6,8-9H2,1-5H3,(H,16,17). The highest BCUT2D eigenvalue weighted by molar-refractivity contribution is 5.88. The number of carbonyl (C=O) groups is 2. The van der Waals surface area contributed by atoms with Crippen molar-refractivity contribution in [3.05, 3.63) is 11.6 Å². The average molecular weight is 270 g/mol. The van der Waals surface area contributed by atoms with Gasteiger partial charge >= 0.3 is 5.97 Å². The third-order valence-electron chi connectivity index (χ3n) is 2.68. The van der Waals surface area contributed by atoms with Gasteiger partial charge in [-0.05, 0) is 19.3 Å². The summed E-state index contributed by atoms with van der Waals surface area (Å²) in [7, 11) is 1.36. The van der Waals surface area contributed by atoms with E-state index in [9.17, 15) is 9.59 Å². The van der Waals surface area contributed by atoms with Crippen LogP contribution in [0.4, 0.5) is 0 Å². The van der Waals surface area contributed by atoms with Crippen molar-refractivity contribution in [2.75, 3.05) is 20.2 Å². The second-order valence-corrected chi connectivity index (χ2v) is 4.84. The van der Waals surface area contributed by atoms with E-state index in [1.807, 2.05) is 20.8 Å². The molecule has 0 radical (unpaired) electrons. The van der Waals surface area contributed by atoms with Crippen molar-refractivity contribution in [2.24, 2.45) is 5.92 Å². The third-order valence-corrected chi connectivity index (χ3v) is 2.68. The molecule has 1 amide bonds. The van der Waals surface area contributed by atoms with E-state index >= 15 is 0 Å². The van der Waals surface area contributed by atoms with E-state index in [0.29, 0.717) is 31.0 Å². The molecule has 1 atom stereocenters. The molecule has 0 aromatic heterocycles. The molecule has 0 saturated heterocycles. The van der Waals surface area contributed by atoms with Crippen LogP contribution < -0.4 is 10.6 Å². The molecule has 0 spiro atoms. The normalized spacial score (nSPS) is 13.3. The Balaban J connectivity index is 4.14. The summed E-state index contributed by atoms with van der Waals surface area (Å²) in [6.45, 7) is 8.92. The quantitative estimate of drug-likeness (QED) is 0.514. The highest BCUT2D eigenvalue weighted by Crippen LogP contribution is 2.01. The summed E-state index contributed by atoms with van der Waals surface area (Å²) < 4.78 is 4.66. The van der Waals surface area contributed by atoms with Gasteiger partial charge < -0.3 is 15.4 Å². The van der Waals surface area contributed by atoms with Gasteiger partial charge in [-0.3, -0.25) is 4.79 Å². The van der Waals surface area contributed by atoms with Crippen LogP contribution in [-0.2, 0) is 14.3 Å². The lowest BCUT2D eigenvalue weighted by Gasteiger charge is -2.14. The van der Waals surface area contributed by atoms with Crippen molar-refractivity contribution in [1.29, 1.82) is 0 Å². The molecule has 0 rings (SSSR count). The lowest BCUT2D eigenvalue weighted by atomic mass is 10.2. The molecule has 0 fully saturated rings. The van der Waals surface area contributed by atoms with Crippen LogP contribution in [-0.4, -0.2) is 38.1 Å². The Morgan fingerprint density at radius 2 is 1.89 bits per heavy atom. The molecule has 0 aliphatic heterocycles. The zero-order valence-electron chi connectivity index (χ0n) is 12.6.